The van der Waals surface area contributed by atoms with E-state index in [0.717, 1.165) is 19.6 Å². The van der Waals surface area contributed by atoms with Gasteiger partial charge < -0.3 is 9.47 Å². The van der Waals surface area contributed by atoms with Gasteiger partial charge in [-0.2, -0.15) is 0 Å². The third kappa shape index (κ3) is 1.88. The van der Waals surface area contributed by atoms with Crippen molar-refractivity contribution in [3.8, 4) is 0 Å². The Hall–Kier alpha value is -1.32. The van der Waals surface area contributed by atoms with Crippen LogP contribution >= 0.6 is 0 Å². The number of para-hydroxylation sites is 1. The van der Waals surface area contributed by atoms with E-state index < -0.39 is 0 Å². The standard InChI is InChI=1S/C16H23N3/c1-16(12-17(2)9-10-19(16)4)14-11-18(3)15-8-6-5-7-13(14)15/h5-8,11H,9-10,12H2,1-4H3. The van der Waals surface area contributed by atoms with Crippen LogP contribution in [0.1, 0.15) is 12.5 Å². The van der Waals surface area contributed by atoms with Crippen LogP contribution in [-0.4, -0.2) is 48.1 Å². The first-order valence-electron chi connectivity index (χ1n) is 6.97. The van der Waals surface area contributed by atoms with E-state index in [1.165, 1.54) is 16.5 Å². The summed E-state index contributed by atoms with van der Waals surface area (Å²) >= 11 is 0. The largest absolute Gasteiger partial charge is 0.350 e. The van der Waals surface area contributed by atoms with Gasteiger partial charge in [-0.25, -0.2) is 0 Å². The quantitative estimate of drug-likeness (QED) is 0.776. The van der Waals surface area contributed by atoms with Crippen molar-refractivity contribution in [2.75, 3.05) is 33.7 Å². The second-order valence-electron chi connectivity index (χ2n) is 6.10. The summed E-state index contributed by atoms with van der Waals surface area (Å²) in [6.07, 6.45) is 2.31. The number of benzene rings is 1. The fourth-order valence-corrected chi connectivity index (χ4v) is 3.35. The highest BCUT2D eigenvalue weighted by Crippen LogP contribution is 2.36. The van der Waals surface area contributed by atoms with Crippen molar-refractivity contribution >= 4 is 10.9 Å². The zero-order valence-corrected chi connectivity index (χ0v) is 12.3. The number of nitrogens with zero attached hydrogens (tertiary/aromatic N) is 3. The minimum absolute atomic E-state index is 0.0911. The molecule has 1 atom stereocenters. The molecule has 0 bridgehead atoms. The van der Waals surface area contributed by atoms with Gasteiger partial charge in [0.05, 0.1) is 5.54 Å². The molecule has 19 heavy (non-hydrogen) atoms. The van der Waals surface area contributed by atoms with E-state index >= 15 is 0 Å². The second kappa shape index (κ2) is 4.36. The summed E-state index contributed by atoms with van der Waals surface area (Å²) in [7, 11) is 6.60. The molecule has 0 radical (unpaired) electrons. The zero-order valence-electron chi connectivity index (χ0n) is 12.3. The molecule has 0 saturated carbocycles. The average molecular weight is 257 g/mol. The lowest BCUT2D eigenvalue weighted by atomic mass is 9.88. The predicted octanol–water partition coefficient (Wildman–Crippen LogP) is 2.27. The predicted molar refractivity (Wildman–Crippen MR) is 80.4 cm³/mol. The van der Waals surface area contributed by atoms with Gasteiger partial charge in [0.2, 0.25) is 0 Å². The van der Waals surface area contributed by atoms with Crippen LogP contribution in [0.25, 0.3) is 10.9 Å². The molecule has 0 amide bonds. The first-order valence-corrected chi connectivity index (χ1v) is 6.97. The molecule has 102 valence electrons. The van der Waals surface area contributed by atoms with Crippen molar-refractivity contribution in [3.05, 3.63) is 36.0 Å². The highest BCUT2D eigenvalue weighted by atomic mass is 15.3. The van der Waals surface area contributed by atoms with Gasteiger partial charge in [0, 0.05) is 43.8 Å². The lowest BCUT2D eigenvalue weighted by Crippen LogP contribution is -2.56. The van der Waals surface area contributed by atoms with Crippen LogP contribution in [0, 0.1) is 0 Å². The maximum atomic E-state index is 2.49. The molecule has 1 aromatic heterocycles. The van der Waals surface area contributed by atoms with E-state index in [4.69, 9.17) is 0 Å². The van der Waals surface area contributed by atoms with Crippen LogP contribution in [0.3, 0.4) is 0 Å². The fraction of sp³-hybridized carbons (Fsp3) is 0.500. The fourth-order valence-electron chi connectivity index (χ4n) is 3.35. The number of hydrogen-bond acceptors (Lipinski definition) is 2. The van der Waals surface area contributed by atoms with E-state index in [1.54, 1.807) is 0 Å². The molecule has 2 aromatic rings. The Bertz CT molecular complexity index is 601. The summed E-state index contributed by atoms with van der Waals surface area (Å²) in [5, 5.41) is 1.38. The van der Waals surface area contributed by atoms with E-state index in [2.05, 4.69) is 72.9 Å². The van der Waals surface area contributed by atoms with Gasteiger partial charge in [-0.15, -0.1) is 0 Å². The minimum atomic E-state index is 0.0911. The lowest BCUT2D eigenvalue weighted by molar-refractivity contribution is 0.0389. The number of rotatable bonds is 1. The highest BCUT2D eigenvalue weighted by Gasteiger charge is 2.37. The SMILES string of the molecule is CN1CCN(C)C(C)(c2cn(C)c3ccccc23)C1. The Morgan fingerprint density at radius 3 is 2.58 bits per heavy atom. The molecule has 1 saturated heterocycles. The third-order valence-corrected chi connectivity index (χ3v) is 4.71. The molecule has 3 heteroatoms. The van der Waals surface area contributed by atoms with Gasteiger partial charge in [0.15, 0.2) is 0 Å². The molecule has 1 aliphatic heterocycles. The monoisotopic (exact) mass is 257 g/mol. The highest BCUT2D eigenvalue weighted by molar-refractivity contribution is 5.85. The zero-order chi connectivity index (χ0) is 13.6. The molecule has 1 aromatic carbocycles. The number of piperazine rings is 1. The number of aromatic nitrogens is 1. The maximum absolute atomic E-state index is 2.49. The minimum Gasteiger partial charge on any atom is -0.350 e. The lowest BCUT2D eigenvalue weighted by Gasteiger charge is -2.46. The van der Waals surface area contributed by atoms with E-state index in [9.17, 15) is 0 Å². The smallest absolute Gasteiger partial charge is 0.0578 e. The van der Waals surface area contributed by atoms with Crippen molar-refractivity contribution < 1.29 is 0 Å². The first kappa shape index (κ1) is 12.7. The van der Waals surface area contributed by atoms with Gasteiger partial charge in [-0.3, -0.25) is 4.90 Å². The van der Waals surface area contributed by atoms with Crippen molar-refractivity contribution in [3.63, 3.8) is 0 Å². The third-order valence-electron chi connectivity index (χ3n) is 4.71. The van der Waals surface area contributed by atoms with Crippen LogP contribution in [0.5, 0.6) is 0 Å². The Labute approximate surface area is 115 Å². The molecule has 1 unspecified atom stereocenters. The van der Waals surface area contributed by atoms with E-state index in [1.807, 2.05) is 0 Å². The summed E-state index contributed by atoms with van der Waals surface area (Å²) in [4.78, 5) is 4.93. The molecular weight excluding hydrogens is 234 g/mol. The summed E-state index contributed by atoms with van der Waals surface area (Å²) in [6.45, 7) is 5.72. The molecule has 1 fully saturated rings. The Balaban J connectivity index is 2.17. The van der Waals surface area contributed by atoms with Gasteiger partial charge >= 0.3 is 0 Å². The Morgan fingerprint density at radius 1 is 1.05 bits per heavy atom. The average Bonchev–Trinajstić information content (AvgIpc) is 2.73. The normalized spacial score (nSPS) is 26.1. The van der Waals surface area contributed by atoms with Crippen molar-refractivity contribution in [2.24, 2.45) is 7.05 Å². The topological polar surface area (TPSA) is 11.4 Å². The van der Waals surface area contributed by atoms with E-state index in [0.29, 0.717) is 0 Å². The second-order valence-corrected chi connectivity index (χ2v) is 6.10. The van der Waals surface area contributed by atoms with Crippen LogP contribution in [0.2, 0.25) is 0 Å². The van der Waals surface area contributed by atoms with Gasteiger partial charge in [-0.05, 0) is 32.6 Å². The number of fused-ring (bicyclic) bond motifs is 1. The number of hydrogen-bond donors (Lipinski definition) is 0. The van der Waals surface area contributed by atoms with Crippen molar-refractivity contribution in [2.45, 2.75) is 12.5 Å². The molecule has 0 N–H and O–H groups in total. The number of aryl methyl sites for hydroxylation is 1. The van der Waals surface area contributed by atoms with Crippen molar-refractivity contribution in [1.82, 2.24) is 14.4 Å². The van der Waals surface area contributed by atoms with Crippen molar-refractivity contribution in [1.29, 1.82) is 0 Å². The van der Waals surface area contributed by atoms with Gasteiger partial charge in [0.1, 0.15) is 0 Å². The van der Waals surface area contributed by atoms with Crippen LogP contribution in [0.4, 0.5) is 0 Å². The first-order chi connectivity index (χ1) is 9.02. The molecule has 2 heterocycles. The maximum Gasteiger partial charge on any atom is 0.0578 e. The molecule has 0 spiro atoms. The van der Waals surface area contributed by atoms with Gasteiger partial charge in [0.25, 0.3) is 0 Å². The van der Waals surface area contributed by atoms with Crippen LogP contribution in [0.15, 0.2) is 30.5 Å². The molecule has 3 nitrogen and oxygen atoms in total. The molecule has 3 rings (SSSR count). The van der Waals surface area contributed by atoms with E-state index in [-0.39, 0.29) is 5.54 Å². The summed E-state index contributed by atoms with van der Waals surface area (Å²) in [5.74, 6) is 0. The summed E-state index contributed by atoms with van der Waals surface area (Å²) in [5.41, 5.74) is 2.86. The Morgan fingerprint density at radius 2 is 1.79 bits per heavy atom. The Kier molecular flexibility index (Phi) is 2.91. The molecule has 1 aliphatic rings. The molecular formula is C16H23N3. The molecule has 0 aliphatic carbocycles. The van der Waals surface area contributed by atoms with Crippen LogP contribution in [-0.2, 0) is 12.6 Å². The summed E-state index contributed by atoms with van der Waals surface area (Å²) < 4.78 is 2.25. The van der Waals surface area contributed by atoms with Gasteiger partial charge in [-0.1, -0.05) is 18.2 Å². The number of likely N-dealkylation sites (N-methyl/N-ethyl adjacent to an activating group) is 2. The van der Waals surface area contributed by atoms with Crippen LogP contribution < -0.4 is 0 Å². The summed E-state index contributed by atoms with van der Waals surface area (Å²) in [6, 6.07) is 8.71.